The van der Waals surface area contributed by atoms with Crippen molar-refractivity contribution in [2.24, 2.45) is 0 Å². The minimum Gasteiger partial charge on any atom is -0.497 e. The van der Waals surface area contributed by atoms with Gasteiger partial charge in [-0.25, -0.2) is 4.98 Å². The van der Waals surface area contributed by atoms with Crippen LogP contribution in [0.3, 0.4) is 0 Å². The summed E-state index contributed by atoms with van der Waals surface area (Å²) in [6, 6.07) is 7.23. The molecule has 2 amide bonds. The summed E-state index contributed by atoms with van der Waals surface area (Å²) in [4.78, 5) is 32.3. The van der Waals surface area contributed by atoms with Gasteiger partial charge in [-0.05, 0) is 43.2 Å². The lowest BCUT2D eigenvalue weighted by Gasteiger charge is -2.36. The average molecular weight is 440 g/mol. The molecular formula is C20H20Cl2FN3O3. The quantitative estimate of drug-likeness (QED) is 0.677. The summed E-state index contributed by atoms with van der Waals surface area (Å²) in [6.45, 7) is 0.932. The fourth-order valence-electron chi connectivity index (χ4n) is 3.32. The number of rotatable bonds is 4. The summed E-state index contributed by atoms with van der Waals surface area (Å²) in [5.41, 5.74) is 0.295. The lowest BCUT2D eigenvalue weighted by molar-refractivity contribution is 0.0566. The highest BCUT2D eigenvalue weighted by molar-refractivity contribution is 6.34. The largest absolute Gasteiger partial charge is 0.497 e. The number of ether oxygens (including phenoxy) is 1. The van der Waals surface area contributed by atoms with E-state index in [2.05, 4.69) is 4.98 Å². The number of hydrogen-bond donors (Lipinski definition) is 0. The van der Waals surface area contributed by atoms with Gasteiger partial charge in [0, 0.05) is 26.2 Å². The van der Waals surface area contributed by atoms with Crippen LogP contribution in [0.4, 0.5) is 4.39 Å². The molecule has 1 saturated heterocycles. The third-order valence-corrected chi connectivity index (χ3v) is 5.66. The monoisotopic (exact) mass is 439 g/mol. The number of nitrogens with zero attached hydrogens (tertiary/aromatic N) is 3. The third kappa shape index (κ3) is 4.62. The molecule has 9 heteroatoms. The van der Waals surface area contributed by atoms with E-state index in [4.69, 9.17) is 27.9 Å². The highest BCUT2D eigenvalue weighted by atomic mass is 35.5. The van der Waals surface area contributed by atoms with Gasteiger partial charge in [-0.15, -0.1) is 0 Å². The number of amides is 2. The van der Waals surface area contributed by atoms with Gasteiger partial charge >= 0.3 is 0 Å². The Morgan fingerprint density at radius 2 is 1.86 bits per heavy atom. The normalized spacial score (nSPS) is 14.6. The number of aromatic nitrogens is 1. The molecule has 0 unspecified atom stereocenters. The molecule has 0 aliphatic carbocycles. The van der Waals surface area contributed by atoms with E-state index < -0.39 is 11.9 Å². The van der Waals surface area contributed by atoms with Crippen LogP contribution < -0.4 is 4.74 Å². The van der Waals surface area contributed by atoms with Crippen molar-refractivity contribution in [3.8, 4) is 5.75 Å². The molecule has 29 heavy (non-hydrogen) atoms. The van der Waals surface area contributed by atoms with Crippen molar-refractivity contribution in [3.63, 3.8) is 0 Å². The Bertz CT molecular complexity index is 933. The van der Waals surface area contributed by atoms with Crippen LogP contribution in [0.15, 0.2) is 30.3 Å². The van der Waals surface area contributed by atoms with Crippen LogP contribution in [0.25, 0.3) is 0 Å². The molecule has 1 aromatic heterocycles. The Morgan fingerprint density at radius 1 is 1.17 bits per heavy atom. The van der Waals surface area contributed by atoms with E-state index in [1.54, 1.807) is 30.1 Å². The van der Waals surface area contributed by atoms with Gasteiger partial charge in [-0.1, -0.05) is 23.2 Å². The number of carbonyl (C=O) groups is 2. The van der Waals surface area contributed by atoms with Gasteiger partial charge in [0.2, 0.25) is 5.95 Å². The van der Waals surface area contributed by atoms with Crippen molar-refractivity contribution in [1.82, 2.24) is 14.8 Å². The lowest BCUT2D eigenvalue weighted by atomic mass is 10.0. The fraction of sp³-hybridized carbons (Fsp3) is 0.350. The average Bonchev–Trinajstić information content (AvgIpc) is 2.74. The van der Waals surface area contributed by atoms with E-state index in [9.17, 15) is 14.0 Å². The van der Waals surface area contributed by atoms with Crippen molar-refractivity contribution in [2.45, 2.75) is 18.9 Å². The molecule has 6 nitrogen and oxygen atoms in total. The van der Waals surface area contributed by atoms with Gasteiger partial charge in [-0.2, -0.15) is 4.39 Å². The Labute approximate surface area is 178 Å². The smallest absolute Gasteiger partial charge is 0.274 e. The minimum atomic E-state index is -0.761. The maximum absolute atomic E-state index is 13.4. The van der Waals surface area contributed by atoms with Gasteiger partial charge in [0.25, 0.3) is 11.8 Å². The molecule has 0 saturated carbocycles. The maximum Gasteiger partial charge on any atom is 0.274 e. The molecule has 2 heterocycles. The number of pyridine rings is 1. The van der Waals surface area contributed by atoms with Gasteiger partial charge < -0.3 is 14.5 Å². The summed E-state index contributed by atoms with van der Waals surface area (Å²) in [5.74, 6) is -0.796. The molecule has 0 spiro atoms. The molecule has 1 aliphatic rings. The van der Waals surface area contributed by atoms with E-state index in [0.29, 0.717) is 42.3 Å². The second-order valence-corrected chi connectivity index (χ2v) is 7.56. The maximum atomic E-state index is 13.4. The molecule has 2 aromatic rings. The minimum absolute atomic E-state index is 0.102. The topological polar surface area (TPSA) is 62.7 Å². The Balaban J connectivity index is 1.64. The van der Waals surface area contributed by atoms with Crippen molar-refractivity contribution in [3.05, 3.63) is 57.6 Å². The second kappa shape index (κ2) is 8.97. The second-order valence-electron chi connectivity index (χ2n) is 6.75. The van der Waals surface area contributed by atoms with E-state index in [-0.39, 0.29) is 22.7 Å². The van der Waals surface area contributed by atoms with Crippen molar-refractivity contribution in [2.75, 3.05) is 27.2 Å². The van der Waals surface area contributed by atoms with Gasteiger partial charge in [-0.3, -0.25) is 9.59 Å². The predicted octanol–water partition coefficient (Wildman–Crippen LogP) is 3.91. The summed E-state index contributed by atoms with van der Waals surface area (Å²) < 4.78 is 18.5. The standard InChI is InChI=1S/C20H20Cl2FN3O3/c1-25(20(28)18-15(21)5-6-17(23)24-18)12-7-9-26(10-8-12)19(27)14-4-3-13(29-2)11-16(14)22/h3-6,11-12H,7-10H2,1-2H3. The highest BCUT2D eigenvalue weighted by Crippen LogP contribution is 2.26. The summed E-state index contributed by atoms with van der Waals surface area (Å²) >= 11 is 12.2. The summed E-state index contributed by atoms with van der Waals surface area (Å²) in [6.07, 6.45) is 1.16. The van der Waals surface area contributed by atoms with E-state index >= 15 is 0 Å². The summed E-state index contributed by atoms with van der Waals surface area (Å²) in [7, 11) is 3.16. The molecule has 0 N–H and O–H groups in total. The van der Waals surface area contributed by atoms with E-state index in [1.165, 1.54) is 18.1 Å². The molecule has 1 aliphatic heterocycles. The number of methoxy groups -OCH3 is 1. The van der Waals surface area contributed by atoms with Crippen LogP contribution in [-0.2, 0) is 0 Å². The number of likely N-dealkylation sites (tertiary alicyclic amines) is 1. The Morgan fingerprint density at radius 3 is 2.48 bits per heavy atom. The van der Waals surface area contributed by atoms with Crippen LogP contribution in [0, 0.1) is 5.95 Å². The van der Waals surface area contributed by atoms with E-state index in [0.717, 1.165) is 6.07 Å². The first-order valence-electron chi connectivity index (χ1n) is 9.04. The van der Waals surface area contributed by atoms with Crippen LogP contribution in [-0.4, -0.2) is 59.9 Å². The molecule has 1 aromatic carbocycles. The molecule has 154 valence electrons. The SMILES string of the molecule is COc1ccc(C(=O)N2CCC(N(C)C(=O)c3nc(F)ccc3Cl)CC2)c(Cl)c1. The van der Waals surface area contributed by atoms with Crippen molar-refractivity contribution < 1.29 is 18.7 Å². The van der Waals surface area contributed by atoms with Crippen LogP contribution in [0.2, 0.25) is 10.0 Å². The van der Waals surface area contributed by atoms with Crippen LogP contribution in [0.5, 0.6) is 5.75 Å². The first-order chi connectivity index (χ1) is 13.8. The number of hydrogen-bond acceptors (Lipinski definition) is 4. The number of piperidine rings is 1. The first kappa shape index (κ1) is 21.3. The molecular weight excluding hydrogens is 420 g/mol. The van der Waals surface area contributed by atoms with Crippen molar-refractivity contribution in [1.29, 1.82) is 0 Å². The Kier molecular flexibility index (Phi) is 6.59. The molecule has 0 radical (unpaired) electrons. The third-order valence-electron chi connectivity index (χ3n) is 5.04. The van der Waals surface area contributed by atoms with Gasteiger partial charge in [0.15, 0.2) is 0 Å². The van der Waals surface area contributed by atoms with Gasteiger partial charge in [0.05, 0.1) is 22.7 Å². The summed E-state index contributed by atoms with van der Waals surface area (Å²) in [5, 5.41) is 0.431. The van der Waals surface area contributed by atoms with Crippen molar-refractivity contribution >= 4 is 35.0 Å². The molecule has 0 bridgehead atoms. The number of benzene rings is 1. The van der Waals surface area contributed by atoms with Crippen LogP contribution in [0.1, 0.15) is 33.7 Å². The molecule has 3 rings (SSSR count). The molecule has 0 atom stereocenters. The first-order valence-corrected chi connectivity index (χ1v) is 9.79. The zero-order valence-electron chi connectivity index (χ0n) is 16.0. The zero-order chi connectivity index (χ0) is 21.1. The van der Waals surface area contributed by atoms with E-state index in [1.807, 2.05) is 0 Å². The highest BCUT2D eigenvalue weighted by Gasteiger charge is 2.30. The fourth-order valence-corrected chi connectivity index (χ4v) is 3.76. The van der Waals surface area contributed by atoms with Crippen LogP contribution >= 0.6 is 23.2 Å². The van der Waals surface area contributed by atoms with Gasteiger partial charge in [0.1, 0.15) is 11.4 Å². The number of carbonyl (C=O) groups excluding carboxylic acids is 2. The lowest BCUT2D eigenvalue weighted by Crippen LogP contribution is -2.47. The zero-order valence-corrected chi connectivity index (χ0v) is 17.5. The number of halogens is 3. The molecule has 1 fully saturated rings. The Hall–Kier alpha value is -2.38. The predicted molar refractivity (Wildman–Crippen MR) is 108 cm³/mol.